The van der Waals surface area contributed by atoms with Crippen LogP contribution >= 0.6 is 0 Å². The third-order valence-corrected chi connectivity index (χ3v) is 5.28. The Bertz CT molecular complexity index is 1180. The lowest BCUT2D eigenvalue weighted by Crippen LogP contribution is -2.27. The van der Waals surface area contributed by atoms with E-state index in [0.717, 1.165) is 25.4 Å². The van der Waals surface area contributed by atoms with E-state index < -0.39 is 0 Å². The van der Waals surface area contributed by atoms with Crippen LogP contribution in [0, 0.1) is 12.7 Å². The molecule has 0 bridgehead atoms. The van der Waals surface area contributed by atoms with Gasteiger partial charge < -0.3 is 20.5 Å². The van der Waals surface area contributed by atoms with Gasteiger partial charge in [-0.3, -0.25) is 9.79 Å². The van der Waals surface area contributed by atoms with Crippen LogP contribution in [0.4, 0.5) is 10.1 Å². The fraction of sp³-hybridized carbons (Fsp3) is 0.292. The molecule has 0 atom stereocenters. The number of aromatic amines is 1. The second-order valence-corrected chi connectivity index (χ2v) is 7.34. The van der Waals surface area contributed by atoms with Crippen LogP contribution in [0.25, 0.3) is 10.9 Å². The Morgan fingerprint density at radius 1 is 1.19 bits per heavy atom. The molecular formula is C24H28FN5O2. The number of nitrogens with one attached hydrogen (secondary N) is 1. The monoisotopic (exact) mass is 437 g/mol. The zero-order valence-electron chi connectivity index (χ0n) is 18.6. The standard InChI is InChI=1S/C24H28FN5O2/c1-4-30(5-2)10-11-32-19-8-6-18(7-9-19)27-15-23(29-26)20-13-17-14-21(25)16(3)12-22(17)28-24(20)31/h6-9,12-15H,4-5,10-11,26H2,1-3H3,(H,28,31). The lowest BCUT2D eigenvalue weighted by atomic mass is 10.1. The van der Waals surface area contributed by atoms with Crippen molar-refractivity contribution in [2.75, 3.05) is 26.2 Å². The van der Waals surface area contributed by atoms with Crippen molar-refractivity contribution in [2.24, 2.45) is 15.9 Å². The predicted octanol–water partition coefficient (Wildman–Crippen LogP) is 3.76. The number of fused-ring (bicyclic) bond motifs is 1. The molecule has 0 fully saturated rings. The van der Waals surface area contributed by atoms with Gasteiger partial charge in [0.05, 0.1) is 17.5 Å². The van der Waals surface area contributed by atoms with E-state index in [1.165, 1.54) is 12.3 Å². The third-order valence-electron chi connectivity index (χ3n) is 5.28. The quantitative estimate of drug-likeness (QED) is 0.303. The number of pyridine rings is 1. The number of nitrogens with zero attached hydrogens (tertiary/aromatic N) is 3. The van der Waals surface area contributed by atoms with Crippen molar-refractivity contribution in [3.05, 3.63) is 69.8 Å². The molecule has 0 radical (unpaired) electrons. The summed E-state index contributed by atoms with van der Waals surface area (Å²) in [6, 6.07) is 11.8. The number of H-pyrrole nitrogens is 1. The summed E-state index contributed by atoms with van der Waals surface area (Å²) in [7, 11) is 0. The molecule has 1 aromatic heterocycles. The normalized spacial score (nSPS) is 12.2. The van der Waals surface area contributed by atoms with Gasteiger partial charge in [-0.25, -0.2) is 4.39 Å². The predicted molar refractivity (Wildman–Crippen MR) is 128 cm³/mol. The minimum Gasteiger partial charge on any atom is -0.492 e. The summed E-state index contributed by atoms with van der Waals surface area (Å²) in [5.41, 5.74) is 1.67. The fourth-order valence-corrected chi connectivity index (χ4v) is 3.29. The van der Waals surface area contributed by atoms with Crippen LogP contribution in [0.5, 0.6) is 5.75 Å². The van der Waals surface area contributed by atoms with Crippen LogP contribution in [0.3, 0.4) is 0 Å². The molecule has 0 aliphatic carbocycles. The Balaban J connectivity index is 1.73. The highest BCUT2D eigenvalue weighted by atomic mass is 19.1. The van der Waals surface area contributed by atoms with E-state index in [1.807, 2.05) is 12.1 Å². The SMILES string of the molecule is CCN(CC)CCOc1ccc(N=CC(=NN)c2cc3cc(F)c(C)cc3[nH]c2=O)cc1. The molecule has 3 aromatic rings. The minimum absolute atomic E-state index is 0.189. The number of hydrogen-bond donors (Lipinski definition) is 2. The van der Waals surface area contributed by atoms with Gasteiger partial charge in [-0.05, 0) is 68.0 Å². The highest BCUT2D eigenvalue weighted by Crippen LogP contribution is 2.19. The number of ether oxygens (including phenoxy) is 1. The first-order chi connectivity index (χ1) is 15.4. The highest BCUT2D eigenvalue weighted by Gasteiger charge is 2.10. The van der Waals surface area contributed by atoms with Crippen molar-refractivity contribution in [1.82, 2.24) is 9.88 Å². The van der Waals surface area contributed by atoms with Gasteiger partial charge in [-0.1, -0.05) is 13.8 Å². The number of aryl methyl sites for hydroxylation is 1. The Kier molecular flexibility index (Phi) is 7.72. The molecule has 3 N–H and O–H groups in total. The van der Waals surface area contributed by atoms with Crippen molar-refractivity contribution >= 4 is 28.5 Å². The van der Waals surface area contributed by atoms with Crippen molar-refractivity contribution in [3.63, 3.8) is 0 Å². The van der Waals surface area contributed by atoms with Crippen molar-refractivity contribution in [1.29, 1.82) is 0 Å². The Hall–Kier alpha value is -3.52. The number of hydrogen-bond acceptors (Lipinski definition) is 6. The van der Waals surface area contributed by atoms with E-state index in [1.54, 1.807) is 31.2 Å². The molecule has 32 heavy (non-hydrogen) atoms. The van der Waals surface area contributed by atoms with Gasteiger partial charge in [0.1, 0.15) is 23.9 Å². The average Bonchev–Trinajstić information content (AvgIpc) is 2.79. The molecule has 0 aliphatic rings. The number of nitrogens with two attached hydrogens (primary N) is 1. The van der Waals surface area contributed by atoms with E-state index in [4.69, 9.17) is 10.6 Å². The summed E-state index contributed by atoms with van der Waals surface area (Å²) in [5.74, 6) is 5.91. The van der Waals surface area contributed by atoms with Gasteiger partial charge in [-0.15, -0.1) is 0 Å². The molecule has 0 saturated carbocycles. The van der Waals surface area contributed by atoms with Gasteiger partial charge in [0, 0.05) is 17.4 Å². The van der Waals surface area contributed by atoms with Crippen LogP contribution in [0.15, 0.2) is 57.4 Å². The van der Waals surface area contributed by atoms with Crippen LogP contribution < -0.4 is 16.1 Å². The number of halogens is 1. The van der Waals surface area contributed by atoms with Crippen LogP contribution in [-0.4, -0.2) is 48.1 Å². The molecule has 0 spiro atoms. The molecule has 2 aromatic carbocycles. The van der Waals surface area contributed by atoms with E-state index in [2.05, 4.69) is 33.8 Å². The van der Waals surface area contributed by atoms with Gasteiger partial charge in [0.15, 0.2) is 0 Å². The minimum atomic E-state index is -0.379. The topological polar surface area (TPSA) is 96.1 Å². The lowest BCUT2D eigenvalue weighted by molar-refractivity contribution is 0.223. The van der Waals surface area contributed by atoms with Gasteiger partial charge in [0.2, 0.25) is 0 Å². The van der Waals surface area contributed by atoms with Gasteiger partial charge in [0.25, 0.3) is 5.56 Å². The number of likely N-dealkylation sites (N-methyl/N-ethyl adjacent to an activating group) is 1. The average molecular weight is 438 g/mol. The third kappa shape index (κ3) is 5.59. The maximum absolute atomic E-state index is 13.9. The van der Waals surface area contributed by atoms with Crippen LogP contribution in [0.2, 0.25) is 0 Å². The smallest absolute Gasteiger partial charge is 0.258 e. The summed E-state index contributed by atoms with van der Waals surface area (Å²) in [6.07, 6.45) is 1.41. The zero-order valence-corrected chi connectivity index (χ0v) is 18.6. The van der Waals surface area contributed by atoms with Gasteiger partial charge in [-0.2, -0.15) is 5.10 Å². The molecule has 8 heteroatoms. The first-order valence-corrected chi connectivity index (χ1v) is 10.6. The maximum Gasteiger partial charge on any atom is 0.258 e. The Morgan fingerprint density at radius 2 is 1.91 bits per heavy atom. The highest BCUT2D eigenvalue weighted by molar-refractivity contribution is 6.38. The van der Waals surface area contributed by atoms with E-state index in [0.29, 0.717) is 28.8 Å². The van der Waals surface area contributed by atoms with E-state index in [-0.39, 0.29) is 22.7 Å². The number of hydrazone groups is 1. The van der Waals surface area contributed by atoms with E-state index >= 15 is 0 Å². The largest absolute Gasteiger partial charge is 0.492 e. The summed E-state index contributed by atoms with van der Waals surface area (Å²) in [4.78, 5) is 21.9. The molecular weight excluding hydrogens is 409 g/mol. The molecule has 0 amide bonds. The number of aromatic nitrogens is 1. The molecule has 7 nitrogen and oxygen atoms in total. The molecule has 0 aliphatic heterocycles. The first kappa shape index (κ1) is 23.1. The van der Waals surface area contributed by atoms with Crippen molar-refractivity contribution < 1.29 is 9.13 Å². The summed E-state index contributed by atoms with van der Waals surface area (Å²) in [6.45, 7) is 9.36. The molecule has 3 rings (SSSR count). The molecule has 0 saturated heterocycles. The number of benzene rings is 2. The van der Waals surface area contributed by atoms with Crippen LogP contribution in [0.1, 0.15) is 25.0 Å². The molecule has 1 heterocycles. The summed E-state index contributed by atoms with van der Waals surface area (Å²) < 4.78 is 19.7. The summed E-state index contributed by atoms with van der Waals surface area (Å²) >= 11 is 0. The van der Waals surface area contributed by atoms with Crippen molar-refractivity contribution in [3.8, 4) is 5.75 Å². The Morgan fingerprint density at radius 3 is 2.56 bits per heavy atom. The van der Waals surface area contributed by atoms with Gasteiger partial charge >= 0.3 is 0 Å². The fourth-order valence-electron chi connectivity index (χ4n) is 3.29. The summed E-state index contributed by atoms with van der Waals surface area (Å²) in [5, 5.41) is 4.24. The number of aliphatic imine (C=N–C) groups is 1. The number of rotatable bonds is 9. The molecule has 168 valence electrons. The zero-order chi connectivity index (χ0) is 23.1. The first-order valence-electron chi connectivity index (χ1n) is 10.6. The lowest BCUT2D eigenvalue weighted by Gasteiger charge is -2.17. The van der Waals surface area contributed by atoms with Crippen molar-refractivity contribution in [2.45, 2.75) is 20.8 Å². The second-order valence-electron chi connectivity index (χ2n) is 7.34. The molecule has 0 unspecified atom stereocenters. The Labute approximate surface area is 186 Å². The maximum atomic E-state index is 13.9. The van der Waals surface area contributed by atoms with Crippen LogP contribution in [-0.2, 0) is 0 Å². The van der Waals surface area contributed by atoms with E-state index in [9.17, 15) is 9.18 Å². The second kappa shape index (κ2) is 10.7.